The maximum atomic E-state index is 12.6. The summed E-state index contributed by atoms with van der Waals surface area (Å²) < 4.78 is 12.6. The standard InChI is InChI=1S/C11H16FNS/c1-9(14-2)7-13-8-10-3-5-11(12)6-4-10/h3-6,9,13H,7-8H2,1-2H3. The molecule has 1 aromatic rings. The van der Waals surface area contributed by atoms with Crippen LogP contribution < -0.4 is 5.32 Å². The number of benzene rings is 1. The van der Waals surface area contributed by atoms with Crippen molar-refractivity contribution in [3.63, 3.8) is 0 Å². The Labute approximate surface area is 89.1 Å². The minimum Gasteiger partial charge on any atom is -0.312 e. The molecule has 3 heteroatoms. The summed E-state index contributed by atoms with van der Waals surface area (Å²) in [6.07, 6.45) is 2.10. The van der Waals surface area contributed by atoms with Crippen LogP contribution in [0.4, 0.5) is 4.39 Å². The zero-order chi connectivity index (χ0) is 10.4. The number of halogens is 1. The van der Waals surface area contributed by atoms with Gasteiger partial charge in [-0.1, -0.05) is 19.1 Å². The van der Waals surface area contributed by atoms with Crippen molar-refractivity contribution in [1.82, 2.24) is 5.32 Å². The molecular weight excluding hydrogens is 197 g/mol. The van der Waals surface area contributed by atoms with Gasteiger partial charge in [0.2, 0.25) is 0 Å². The van der Waals surface area contributed by atoms with E-state index in [1.165, 1.54) is 12.1 Å². The van der Waals surface area contributed by atoms with Crippen LogP contribution in [-0.4, -0.2) is 18.1 Å². The lowest BCUT2D eigenvalue weighted by Crippen LogP contribution is -2.21. The number of rotatable bonds is 5. The molecular formula is C11H16FNS. The summed E-state index contributed by atoms with van der Waals surface area (Å²) in [7, 11) is 0. The van der Waals surface area contributed by atoms with Crippen molar-refractivity contribution < 1.29 is 4.39 Å². The largest absolute Gasteiger partial charge is 0.312 e. The van der Waals surface area contributed by atoms with E-state index >= 15 is 0 Å². The second-order valence-corrected chi connectivity index (χ2v) is 4.58. The van der Waals surface area contributed by atoms with Gasteiger partial charge in [-0.2, -0.15) is 11.8 Å². The highest BCUT2D eigenvalue weighted by molar-refractivity contribution is 7.99. The van der Waals surface area contributed by atoms with Crippen molar-refractivity contribution in [2.75, 3.05) is 12.8 Å². The van der Waals surface area contributed by atoms with Crippen molar-refractivity contribution in [3.8, 4) is 0 Å². The Kier molecular flexibility index (Phi) is 4.98. The Bertz CT molecular complexity index is 260. The molecule has 0 aliphatic carbocycles. The van der Waals surface area contributed by atoms with Crippen LogP contribution in [-0.2, 0) is 6.54 Å². The lowest BCUT2D eigenvalue weighted by Gasteiger charge is -2.09. The first kappa shape index (κ1) is 11.5. The molecule has 0 amide bonds. The third-order valence-electron chi connectivity index (χ3n) is 2.08. The smallest absolute Gasteiger partial charge is 0.123 e. The first-order valence-electron chi connectivity index (χ1n) is 4.70. The average molecular weight is 213 g/mol. The Morgan fingerprint density at radius 2 is 2.00 bits per heavy atom. The molecule has 1 atom stereocenters. The van der Waals surface area contributed by atoms with Gasteiger partial charge in [-0.05, 0) is 24.0 Å². The first-order chi connectivity index (χ1) is 6.72. The number of hydrogen-bond donors (Lipinski definition) is 1. The van der Waals surface area contributed by atoms with Crippen molar-refractivity contribution >= 4 is 11.8 Å². The predicted octanol–water partition coefficient (Wildman–Crippen LogP) is 2.67. The predicted molar refractivity (Wildman–Crippen MR) is 61.1 cm³/mol. The van der Waals surface area contributed by atoms with E-state index in [1.807, 2.05) is 23.9 Å². The minimum absolute atomic E-state index is 0.175. The fourth-order valence-electron chi connectivity index (χ4n) is 1.11. The van der Waals surface area contributed by atoms with E-state index in [0.717, 1.165) is 18.7 Å². The van der Waals surface area contributed by atoms with Crippen LogP contribution in [0.2, 0.25) is 0 Å². The Balaban J connectivity index is 2.28. The lowest BCUT2D eigenvalue weighted by atomic mass is 10.2. The normalized spacial score (nSPS) is 12.8. The zero-order valence-corrected chi connectivity index (χ0v) is 9.40. The second kappa shape index (κ2) is 6.04. The van der Waals surface area contributed by atoms with Gasteiger partial charge in [0.1, 0.15) is 5.82 Å². The maximum absolute atomic E-state index is 12.6. The first-order valence-corrected chi connectivity index (χ1v) is 5.99. The van der Waals surface area contributed by atoms with Gasteiger partial charge >= 0.3 is 0 Å². The summed E-state index contributed by atoms with van der Waals surface area (Å²) in [4.78, 5) is 0. The highest BCUT2D eigenvalue weighted by Crippen LogP contribution is 2.05. The van der Waals surface area contributed by atoms with Gasteiger partial charge in [-0.3, -0.25) is 0 Å². The molecule has 78 valence electrons. The highest BCUT2D eigenvalue weighted by Gasteiger charge is 1.98. The summed E-state index contributed by atoms with van der Waals surface area (Å²) in [6, 6.07) is 6.61. The van der Waals surface area contributed by atoms with Crippen LogP contribution in [0.25, 0.3) is 0 Å². The Morgan fingerprint density at radius 3 is 2.57 bits per heavy atom. The topological polar surface area (TPSA) is 12.0 Å². The quantitative estimate of drug-likeness (QED) is 0.807. The highest BCUT2D eigenvalue weighted by atomic mass is 32.2. The SMILES string of the molecule is CSC(C)CNCc1ccc(F)cc1. The molecule has 0 saturated heterocycles. The molecule has 1 nitrogen and oxygen atoms in total. The van der Waals surface area contributed by atoms with Crippen LogP contribution in [0.5, 0.6) is 0 Å². The van der Waals surface area contributed by atoms with Crippen LogP contribution in [0.15, 0.2) is 24.3 Å². The van der Waals surface area contributed by atoms with E-state index < -0.39 is 0 Å². The van der Waals surface area contributed by atoms with Gasteiger partial charge in [0, 0.05) is 18.3 Å². The molecule has 0 aromatic heterocycles. The Hall–Kier alpha value is -0.540. The number of hydrogen-bond acceptors (Lipinski definition) is 2. The molecule has 0 saturated carbocycles. The van der Waals surface area contributed by atoms with Gasteiger partial charge in [0.15, 0.2) is 0 Å². The fraction of sp³-hybridized carbons (Fsp3) is 0.455. The van der Waals surface area contributed by atoms with E-state index in [1.54, 1.807) is 0 Å². The summed E-state index contributed by atoms with van der Waals surface area (Å²) >= 11 is 1.84. The molecule has 1 N–H and O–H groups in total. The minimum atomic E-state index is -0.175. The van der Waals surface area contributed by atoms with Crippen LogP contribution >= 0.6 is 11.8 Å². The monoisotopic (exact) mass is 213 g/mol. The van der Waals surface area contributed by atoms with Crippen LogP contribution in [0.1, 0.15) is 12.5 Å². The maximum Gasteiger partial charge on any atom is 0.123 e. The van der Waals surface area contributed by atoms with Gasteiger partial charge in [0.25, 0.3) is 0 Å². The third-order valence-corrected chi connectivity index (χ3v) is 3.05. The zero-order valence-electron chi connectivity index (χ0n) is 8.59. The molecule has 1 rings (SSSR count). The molecule has 0 aliphatic heterocycles. The van der Waals surface area contributed by atoms with Gasteiger partial charge in [0.05, 0.1) is 0 Å². The van der Waals surface area contributed by atoms with Crippen molar-refractivity contribution in [3.05, 3.63) is 35.6 Å². The average Bonchev–Trinajstić information content (AvgIpc) is 2.21. The van der Waals surface area contributed by atoms with E-state index in [9.17, 15) is 4.39 Å². The fourth-order valence-corrected chi connectivity index (χ4v) is 1.39. The van der Waals surface area contributed by atoms with Gasteiger partial charge < -0.3 is 5.32 Å². The van der Waals surface area contributed by atoms with Crippen molar-refractivity contribution in [2.45, 2.75) is 18.7 Å². The Morgan fingerprint density at radius 1 is 1.36 bits per heavy atom. The van der Waals surface area contributed by atoms with Crippen LogP contribution in [0.3, 0.4) is 0 Å². The second-order valence-electron chi connectivity index (χ2n) is 3.30. The van der Waals surface area contributed by atoms with Gasteiger partial charge in [-0.25, -0.2) is 4.39 Å². The molecule has 0 radical (unpaired) electrons. The summed E-state index contributed by atoms with van der Waals surface area (Å²) in [5.74, 6) is -0.175. The molecule has 0 spiro atoms. The number of nitrogens with one attached hydrogen (secondary N) is 1. The van der Waals surface area contributed by atoms with E-state index in [4.69, 9.17) is 0 Å². The lowest BCUT2D eigenvalue weighted by molar-refractivity contribution is 0.625. The number of thioether (sulfide) groups is 1. The molecule has 14 heavy (non-hydrogen) atoms. The molecule has 0 aliphatic rings. The third kappa shape index (κ3) is 4.11. The molecule has 0 heterocycles. The van der Waals surface area contributed by atoms with Crippen molar-refractivity contribution in [2.24, 2.45) is 0 Å². The molecule has 0 fully saturated rings. The molecule has 1 aromatic carbocycles. The van der Waals surface area contributed by atoms with E-state index in [-0.39, 0.29) is 5.82 Å². The van der Waals surface area contributed by atoms with Crippen LogP contribution in [0, 0.1) is 5.82 Å². The van der Waals surface area contributed by atoms with E-state index in [0.29, 0.717) is 5.25 Å². The summed E-state index contributed by atoms with van der Waals surface area (Å²) in [6.45, 7) is 3.98. The molecule has 1 unspecified atom stereocenters. The molecule has 0 bridgehead atoms. The van der Waals surface area contributed by atoms with Crippen molar-refractivity contribution in [1.29, 1.82) is 0 Å². The van der Waals surface area contributed by atoms with Gasteiger partial charge in [-0.15, -0.1) is 0 Å². The summed E-state index contributed by atoms with van der Waals surface area (Å²) in [5.41, 5.74) is 1.12. The van der Waals surface area contributed by atoms with E-state index in [2.05, 4.69) is 18.5 Å². The summed E-state index contributed by atoms with van der Waals surface area (Å²) in [5, 5.41) is 3.95.